The lowest BCUT2D eigenvalue weighted by atomic mass is 10.0. The number of benzene rings is 1. The molecule has 4 heteroatoms. The van der Waals surface area contributed by atoms with Crippen molar-refractivity contribution < 1.29 is 14.3 Å². The number of halogens is 1. The van der Waals surface area contributed by atoms with Crippen LogP contribution in [0.1, 0.15) is 42.6 Å². The summed E-state index contributed by atoms with van der Waals surface area (Å²) in [6, 6.07) is 5.51. The quantitative estimate of drug-likeness (QED) is 0.251. The van der Waals surface area contributed by atoms with Gasteiger partial charge in [-0.25, -0.2) is 4.79 Å². The van der Waals surface area contributed by atoms with Gasteiger partial charge in [0, 0.05) is 15.2 Å². The van der Waals surface area contributed by atoms with Gasteiger partial charge in [0.1, 0.15) is 0 Å². The van der Waals surface area contributed by atoms with Crippen molar-refractivity contribution >= 4 is 40.4 Å². The molecule has 0 atom stereocenters. The van der Waals surface area contributed by atoms with Gasteiger partial charge in [0.25, 0.3) is 0 Å². The second kappa shape index (κ2) is 8.09. The predicted octanol–water partition coefficient (Wildman–Crippen LogP) is 3.85. The van der Waals surface area contributed by atoms with Crippen LogP contribution in [0.25, 0.3) is 6.08 Å². The Bertz CT molecular complexity index is 492. The highest BCUT2D eigenvalue weighted by molar-refractivity contribution is 14.1. The molecule has 1 rings (SSSR count). The molecule has 0 unspecified atom stereocenters. The summed E-state index contributed by atoms with van der Waals surface area (Å²) in [6.45, 7) is 3.99. The molecule has 0 fully saturated rings. The average molecular weight is 372 g/mol. The Kier molecular flexibility index (Phi) is 6.77. The highest BCUT2D eigenvalue weighted by atomic mass is 127. The van der Waals surface area contributed by atoms with Gasteiger partial charge in [-0.2, -0.15) is 0 Å². The summed E-state index contributed by atoms with van der Waals surface area (Å²) < 4.78 is 6.04. The maximum absolute atomic E-state index is 11.5. The van der Waals surface area contributed by atoms with E-state index in [1.165, 1.54) is 13.0 Å². The molecule has 0 N–H and O–H groups in total. The van der Waals surface area contributed by atoms with Crippen molar-refractivity contribution in [3.8, 4) is 0 Å². The van der Waals surface area contributed by atoms with Gasteiger partial charge in [0.05, 0.1) is 6.61 Å². The second-order valence-electron chi connectivity index (χ2n) is 4.14. The van der Waals surface area contributed by atoms with Gasteiger partial charge in [0.2, 0.25) is 0 Å². The van der Waals surface area contributed by atoms with E-state index in [1.54, 1.807) is 12.1 Å². The van der Waals surface area contributed by atoms with E-state index in [0.717, 1.165) is 22.0 Å². The fourth-order valence-electron chi connectivity index (χ4n) is 1.52. The first-order valence-electron chi connectivity index (χ1n) is 6.20. The molecular weight excluding hydrogens is 355 g/mol. The highest BCUT2D eigenvalue weighted by Crippen LogP contribution is 2.16. The third kappa shape index (κ3) is 5.55. The molecule has 0 saturated heterocycles. The lowest BCUT2D eigenvalue weighted by Crippen LogP contribution is -2.02. The van der Waals surface area contributed by atoms with Gasteiger partial charge in [-0.05, 0) is 65.8 Å². The van der Waals surface area contributed by atoms with Crippen LogP contribution in [0.2, 0.25) is 0 Å². The number of carbonyl (C=O) groups excluding carboxylic acids is 2. The normalized spacial score (nSPS) is 10.7. The minimum Gasteiger partial charge on any atom is -0.463 e. The third-order valence-electron chi connectivity index (χ3n) is 2.53. The molecule has 102 valence electrons. The molecule has 1 aromatic rings. The molecule has 0 aliphatic rings. The van der Waals surface area contributed by atoms with Crippen LogP contribution >= 0.6 is 22.6 Å². The number of Topliss-reactive ketones (excluding diaryl/α,β-unsaturated/α-hetero) is 1. The van der Waals surface area contributed by atoms with Gasteiger partial charge in [-0.1, -0.05) is 13.3 Å². The summed E-state index contributed by atoms with van der Waals surface area (Å²) in [6.07, 6.45) is 4.85. The van der Waals surface area contributed by atoms with Gasteiger partial charge >= 0.3 is 5.97 Å². The molecule has 3 nitrogen and oxygen atoms in total. The monoisotopic (exact) mass is 372 g/mol. The molecule has 0 aliphatic heterocycles. The average Bonchev–Trinajstić information content (AvgIpc) is 2.36. The second-order valence-corrected chi connectivity index (χ2v) is 5.39. The van der Waals surface area contributed by atoms with Crippen molar-refractivity contribution in [2.45, 2.75) is 26.7 Å². The molecular formula is C15H17IO3. The van der Waals surface area contributed by atoms with Crippen LogP contribution in [-0.4, -0.2) is 18.4 Å². The smallest absolute Gasteiger partial charge is 0.330 e. The number of unbranched alkanes of at least 4 members (excludes halogenated alkanes) is 1. The zero-order chi connectivity index (χ0) is 14.3. The lowest BCUT2D eigenvalue weighted by molar-refractivity contribution is -0.137. The number of hydrogen-bond acceptors (Lipinski definition) is 3. The molecule has 19 heavy (non-hydrogen) atoms. The predicted molar refractivity (Wildman–Crippen MR) is 84.1 cm³/mol. The van der Waals surface area contributed by atoms with E-state index in [0.29, 0.717) is 12.2 Å². The van der Waals surface area contributed by atoms with Gasteiger partial charge in [-0.15, -0.1) is 0 Å². The molecule has 0 heterocycles. The van der Waals surface area contributed by atoms with Gasteiger partial charge in [0.15, 0.2) is 5.78 Å². The summed E-state index contributed by atoms with van der Waals surface area (Å²) in [4.78, 5) is 22.9. The fourth-order valence-corrected chi connectivity index (χ4v) is 2.03. The summed E-state index contributed by atoms with van der Waals surface area (Å²) in [5, 5.41) is 0. The lowest BCUT2D eigenvalue weighted by Gasteiger charge is -2.03. The van der Waals surface area contributed by atoms with Crippen LogP contribution in [0.5, 0.6) is 0 Å². The molecule has 0 aromatic heterocycles. The number of rotatable bonds is 6. The fraction of sp³-hybridized carbons (Fsp3) is 0.333. The molecule has 0 bridgehead atoms. The van der Waals surface area contributed by atoms with Crippen molar-refractivity contribution in [3.05, 3.63) is 39.0 Å². The van der Waals surface area contributed by atoms with E-state index in [4.69, 9.17) is 4.74 Å². The molecule has 0 spiro atoms. The minimum atomic E-state index is -0.373. The number of ketones is 1. The largest absolute Gasteiger partial charge is 0.463 e. The van der Waals surface area contributed by atoms with E-state index >= 15 is 0 Å². The first-order valence-corrected chi connectivity index (χ1v) is 7.27. The first kappa shape index (κ1) is 15.9. The van der Waals surface area contributed by atoms with Crippen molar-refractivity contribution in [1.29, 1.82) is 0 Å². The van der Waals surface area contributed by atoms with Crippen molar-refractivity contribution in [2.24, 2.45) is 0 Å². The molecule has 0 aliphatic carbocycles. The van der Waals surface area contributed by atoms with E-state index in [-0.39, 0.29) is 11.8 Å². The van der Waals surface area contributed by atoms with E-state index in [1.807, 2.05) is 19.1 Å². The first-order chi connectivity index (χ1) is 9.04. The SMILES string of the molecule is CCCCOC(=O)/C=C/c1cc(I)ccc1C(C)=O. The molecule has 0 radical (unpaired) electrons. The van der Waals surface area contributed by atoms with Gasteiger partial charge in [-0.3, -0.25) is 4.79 Å². The Hall–Kier alpha value is -1.17. The van der Waals surface area contributed by atoms with Crippen molar-refractivity contribution in [2.75, 3.05) is 6.61 Å². The Morgan fingerprint density at radius 1 is 1.37 bits per heavy atom. The zero-order valence-corrected chi connectivity index (χ0v) is 13.3. The van der Waals surface area contributed by atoms with Crippen LogP contribution in [-0.2, 0) is 9.53 Å². The Balaban J connectivity index is 2.77. The van der Waals surface area contributed by atoms with Crippen LogP contribution in [0.15, 0.2) is 24.3 Å². The van der Waals surface area contributed by atoms with Gasteiger partial charge < -0.3 is 4.74 Å². The summed E-state index contributed by atoms with van der Waals surface area (Å²) in [5.41, 5.74) is 1.35. The number of ether oxygens (including phenoxy) is 1. The van der Waals surface area contributed by atoms with Crippen LogP contribution < -0.4 is 0 Å². The third-order valence-corrected chi connectivity index (χ3v) is 3.21. The maximum Gasteiger partial charge on any atom is 0.330 e. The van der Waals surface area contributed by atoms with E-state index in [9.17, 15) is 9.59 Å². The molecule has 0 amide bonds. The number of carbonyl (C=O) groups is 2. The standard InChI is InChI=1S/C15H17IO3/c1-3-4-9-19-15(18)8-5-12-10-13(16)6-7-14(12)11(2)17/h5-8,10H,3-4,9H2,1-2H3/b8-5+. The maximum atomic E-state index is 11.5. The van der Waals surface area contributed by atoms with Crippen LogP contribution in [0.4, 0.5) is 0 Å². The minimum absolute atomic E-state index is 0.0181. The Morgan fingerprint density at radius 2 is 2.11 bits per heavy atom. The Morgan fingerprint density at radius 3 is 2.74 bits per heavy atom. The van der Waals surface area contributed by atoms with Crippen LogP contribution in [0.3, 0.4) is 0 Å². The molecule has 1 aromatic carbocycles. The highest BCUT2D eigenvalue weighted by Gasteiger charge is 2.06. The summed E-state index contributed by atoms with van der Waals surface area (Å²) in [7, 11) is 0. The molecule has 0 saturated carbocycles. The van der Waals surface area contributed by atoms with E-state index in [2.05, 4.69) is 22.6 Å². The van der Waals surface area contributed by atoms with Crippen molar-refractivity contribution in [1.82, 2.24) is 0 Å². The van der Waals surface area contributed by atoms with E-state index < -0.39 is 0 Å². The zero-order valence-electron chi connectivity index (χ0n) is 11.1. The van der Waals surface area contributed by atoms with Crippen molar-refractivity contribution in [3.63, 3.8) is 0 Å². The summed E-state index contributed by atoms with van der Waals surface area (Å²) in [5.74, 6) is -0.391. The number of hydrogen-bond donors (Lipinski definition) is 0. The topological polar surface area (TPSA) is 43.4 Å². The Labute approximate surface area is 127 Å². The summed E-state index contributed by atoms with van der Waals surface area (Å²) >= 11 is 2.17. The number of esters is 1. The van der Waals surface area contributed by atoms with Crippen LogP contribution in [0, 0.1) is 3.57 Å².